The Morgan fingerprint density at radius 2 is 2.11 bits per heavy atom. The van der Waals surface area contributed by atoms with Gasteiger partial charge >= 0.3 is 5.97 Å². The molecule has 0 bridgehead atoms. The topological polar surface area (TPSA) is 37.3 Å². The van der Waals surface area contributed by atoms with Crippen molar-refractivity contribution in [3.05, 3.63) is 35.6 Å². The van der Waals surface area contributed by atoms with Crippen LogP contribution in [0.5, 0.6) is 0 Å². The smallest absolute Gasteiger partial charge is 0.306 e. The summed E-state index contributed by atoms with van der Waals surface area (Å²) >= 11 is 1.76. The number of thioether (sulfide) groups is 1. The van der Waals surface area contributed by atoms with Crippen molar-refractivity contribution in [1.29, 1.82) is 0 Å². The summed E-state index contributed by atoms with van der Waals surface area (Å²) in [6, 6.07) is 6.17. The molecule has 2 nitrogen and oxygen atoms in total. The van der Waals surface area contributed by atoms with Crippen molar-refractivity contribution in [2.45, 2.75) is 38.4 Å². The third-order valence-corrected chi connectivity index (χ3v) is 4.03. The van der Waals surface area contributed by atoms with E-state index >= 15 is 0 Å². The lowest BCUT2D eigenvalue weighted by Gasteiger charge is -2.19. The summed E-state index contributed by atoms with van der Waals surface area (Å²) < 4.78 is 13.2. The third-order valence-electron chi connectivity index (χ3n) is 2.72. The van der Waals surface area contributed by atoms with Crippen molar-refractivity contribution in [1.82, 2.24) is 0 Å². The first-order chi connectivity index (χ1) is 8.78. The first-order valence-corrected chi connectivity index (χ1v) is 7.38. The highest BCUT2D eigenvalue weighted by molar-refractivity contribution is 8.00. The maximum absolute atomic E-state index is 13.1. The fourth-order valence-corrected chi connectivity index (χ4v) is 2.78. The second kappa shape index (κ2) is 6.94. The minimum absolute atomic E-state index is 0.141. The van der Waals surface area contributed by atoms with E-state index in [1.165, 1.54) is 12.1 Å². The van der Waals surface area contributed by atoms with Crippen molar-refractivity contribution in [3.63, 3.8) is 0 Å². The van der Waals surface area contributed by atoms with Crippen LogP contribution in [0.25, 0.3) is 0 Å². The lowest BCUT2D eigenvalue weighted by Crippen LogP contribution is -2.19. The fourth-order valence-electron chi connectivity index (χ4n) is 1.77. The van der Waals surface area contributed by atoms with Gasteiger partial charge in [-0.3, -0.25) is 4.79 Å². The van der Waals surface area contributed by atoms with Gasteiger partial charge in [-0.05, 0) is 36.3 Å². The summed E-state index contributed by atoms with van der Waals surface area (Å²) in [4.78, 5) is 11.2. The summed E-state index contributed by atoms with van der Waals surface area (Å²) in [6.45, 7) is 6.33. The Balaban J connectivity index is 2.56. The molecular weight excluding hydrogens is 263 g/mol. The van der Waals surface area contributed by atoms with E-state index < -0.39 is 11.9 Å². The van der Waals surface area contributed by atoms with Crippen molar-refractivity contribution in [2.24, 2.45) is 5.92 Å². The lowest BCUT2D eigenvalue weighted by molar-refractivity contribution is -0.141. The van der Waals surface area contributed by atoms with Gasteiger partial charge in [0.05, 0.1) is 5.92 Å². The van der Waals surface area contributed by atoms with Crippen molar-refractivity contribution in [3.8, 4) is 0 Å². The number of halogens is 1. The first-order valence-electron chi connectivity index (χ1n) is 6.39. The molecule has 0 spiro atoms. The molecule has 1 aromatic rings. The molecule has 0 aliphatic rings. The predicted molar refractivity (Wildman–Crippen MR) is 78.1 cm³/mol. The van der Waals surface area contributed by atoms with Crippen LogP contribution >= 0.6 is 11.8 Å². The maximum Gasteiger partial charge on any atom is 0.306 e. The van der Waals surface area contributed by atoms with Crippen LogP contribution in [0.4, 0.5) is 4.39 Å². The average molecular weight is 284 g/mol. The highest BCUT2D eigenvalue weighted by Gasteiger charge is 2.19. The van der Waals surface area contributed by atoms with Crippen molar-refractivity contribution >= 4 is 17.7 Å². The fraction of sp³-hybridized carbons (Fsp3) is 0.533. The summed E-state index contributed by atoms with van der Waals surface area (Å²) in [5.74, 6) is -0.767. The molecule has 0 amide bonds. The summed E-state index contributed by atoms with van der Waals surface area (Å²) in [5.41, 5.74) is 0.744. The van der Waals surface area contributed by atoms with Gasteiger partial charge in [0.25, 0.3) is 0 Å². The number of carbonyl (C=O) groups is 1. The molecule has 19 heavy (non-hydrogen) atoms. The maximum atomic E-state index is 13.1. The Labute approximate surface area is 118 Å². The normalized spacial score (nSPS) is 13.3. The molecule has 0 aromatic heterocycles. The van der Waals surface area contributed by atoms with Gasteiger partial charge in [0.1, 0.15) is 5.82 Å². The quantitative estimate of drug-likeness (QED) is 0.858. The lowest BCUT2D eigenvalue weighted by atomic mass is 9.97. The zero-order chi connectivity index (χ0) is 14.5. The van der Waals surface area contributed by atoms with E-state index in [2.05, 4.69) is 20.8 Å². The molecule has 0 saturated carbocycles. The Morgan fingerprint density at radius 3 is 2.63 bits per heavy atom. The highest BCUT2D eigenvalue weighted by Crippen LogP contribution is 2.26. The van der Waals surface area contributed by atoms with Gasteiger partial charge < -0.3 is 5.11 Å². The molecule has 0 aliphatic heterocycles. The summed E-state index contributed by atoms with van der Waals surface area (Å²) in [5, 5.41) is 9.23. The summed E-state index contributed by atoms with van der Waals surface area (Å²) in [7, 11) is 0. The van der Waals surface area contributed by atoms with Gasteiger partial charge in [0.15, 0.2) is 0 Å². The van der Waals surface area contributed by atoms with Gasteiger partial charge in [0.2, 0.25) is 0 Å². The van der Waals surface area contributed by atoms with Gasteiger partial charge in [-0.2, -0.15) is 11.8 Å². The first kappa shape index (κ1) is 16.0. The van der Waals surface area contributed by atoms with E-state index in [1.54, 1.807) is 23.9 Å². The SMILES string of the molecule is CC(C)(C)SCCC(Cc1cccc(F)c1)C(=O)O. The molecule has 1 atom stereocenters. The number of hydrogen-bond acceptors (Lipinski definition) is 2. The molecule has 1 N–H and O–H groups in total. The molecule has 1 aromatic carbocycles. The van der Waals surface area contributed by atoms with Crippen LogP contribution < -0.4 is 0 Å². The van der Waals surface area contributed by atoms with Crippen LogP contribution in [0.1, 0.15) is 32.8 Å². The van der Waals surface area contributed by atoms with E-state index in [1.807, 2.05) is 0 Å². The van der Waals surface area contributed by atoms with E-state index in [9.17, 15) is 14.3 Å². The van der Waals surface area contributed by atoms with Gasteiger partial charge in [-0.15, -0.1) is 0 Å². The van der Waals surface area contributed by atoms with Crippen LogP contribution in [0.2, 0.25) is 0 Å². The minimum atomic E-state index is -0.807. The monoisotopic (exact) mass is 284 g/mol. The molecule has 0 radical (unpaired) electrons. The zero-order valence-electron chi connectivity index (χ0n) is 11.6. The Kier molecular flexibility index (Phi) is 5.85. The molecular formula is C15H21FO2S. The van der Waals surface area contributed by atoms with Gasteiger partial charge in [-0.1, -0.05) is 32.9 Å². The number of carboxylic acids is 1. The van der Waals surface area contributed by atoms with E-state index in [0.717, 1.165) is 11.3 Å². The summed E-state index contributed by atoms with van der Waals surface area (Å²) in [6.07, 6.45) is 0.992. The van der Waals surface area contributed by atoms with Gasteiger partial charge in [-0.25, -0.2) is 4.39 Å². The molecule has 1 unspecified atom stereocenters. The van der Waals surface area contributed by atoms with Crippen molar-refractivity contribution in [2.75, 3.05) is 5.75 Å². The zero-order valence-corrected chi connectivity index (χ0v) is 12.5. The van der Waals surface area contributed by atoms with Crippen LogP contribution in [0.3, 0.4) is 0 Å². The molecule has 4 heteroatoms. The minimum Gasteiger partial charge on any atom is -0.481 e. The number of benzene rings is 1. The van der Waals surface area contributed by atoms with E-state index in [4.69, 9.17) is 0 Å². The van der Waals surface area contributed by atoms with E-state index in [0.29, 0.717) is 12.8 Å². The number of carboxylic acid groups (broad SMARTS) is 1. The molecule has 0 heterocycles. The standard InChI is InChI=1S/C15H21FO2S/c1-15(2,3)19-8-7-12(14(17)18)9-11-5-4-6-13(16)10-11/h4-6,10,12H,7-9H2,1-3H3,(H,17,18). The molecule has 0 fully saturated rings. The largest absolute Gasteiger partial charge is 0.481 e. The van der Waals surface area contributed by atoms with Crippen LogP contribution in [-0.2, 0) is 11.2 Å². The molecule has 0 aliphatic carbocycles. The second-order valence-corrected chi connectivity index (χ2v) is 7.54. The van der Waals surface area contributed by atoms with Crippen LogP contribution in [-0.4, -0.2) is 21.6 Å². The highest BCUT2D eigenvalue weighted by atomic mass is 32.2. The van der Waals surface area contributed by atoms with Crippen molar-refractivity contribution < 1.29 is 14.3 Å². The number of rotatable bonds is 6. The van der Waals surface area contributed by atoms with Crippen LogP contribution in [0.15, 0.2) is 24.3 Å². The predicted octanol–water partition coefficient (Wildman–Crippen LogP) is 3.99. The Bertz CT molecular complexity index is 426. The van der Waals surface area contributed by atoms with Crippen LogP contribution in [0, 0.1) is 11.7 Å². The molecule has 106 valence electrons. The molecule has 0 saturated heterocycles. The Hall–Kier alpha value is -1.03. The third kappa shape index (κ3) is 6.62. The van der Waals surface area contributed by atoms with Gasteiger partial charge in [0, 0.05) is 4.75 Å². The number of hydrogen-bond donors (Lipinski definition) is 1. The number of aliphatic carboxylic acids is 1. The Morgan fingerprint density at radius 1 is 1.42 bits per heavy atom. The molecule has 1 rings (SSSR count). The second-order valence-electron chi connectivity index (χ2n) is 5.62. The average Bonchev–Trinajstić information content (AvgIpc) is 2.26. The van der Waals surface area contributed by atoms with E-state index in [-0.39, 0.29) is 10.6 Å².